The van der Waals surface area contributed by atoms with E-state index in [1.807, 2.05) is 0 Å². The molecule has 1 aromatic rings. The van der Waals surface area contributed by atoms with Gasteiger partial charge in [-0.1, -0.05) is 28.1 Å². The van der Waals surface area contributed by atoms with E-state index < -0.39 is 40.3 Å². The Morgan fingerprint density at radius 1 is 1.00 bits per heavy atom. The molecule has 4 fully saturated rings. The summed E-state index contributed by atoms with van der Waals surface area (Å²) >= 11 is 3.38. The molecule has 0 radical (unpaired) electrons. The zero-order valence-electron chi connectivity index (χ0n) is 15.9. The van der Waals surface area contributed by atoms with Crippen molar-refractivity contribution in [3.05, 3.63) is 34.3 Å². The monoisotopic (exact) mass is 468 g/mol. The Morgan fingerprint density at radius 3 is 2.27 bits per heavy atom. The van der Waals surface area contributed by atoms with Gasteiger partial charge in [0, 0.05) is 23.7 Å². The molecule has 2 bridgehead atoms. The summed E-state index contributed by atoms with van der Waals surface area (Å²) in [4.78, 5) is 0. The van der Waals surface area contributed by atoms with Crippen LogP contribution in [0.3, 0.4) is 0 Å². The first-order valence-electron chi connectivity index (χ1n) is 9.64. The highest BCUT2D eigenvalue weighted by atomic mass is 79.9. The topological polar surface area (TPSA) is 132 Å². The molecule has 4 unspecified atom stereocenters. The summed E-state index contributed by atoms with van der Waals surface area (Å²) in [7, 11) is 0. The van der Waals surface area contributed by atoms with Gasteiger partial charge in [0.1, 0.15) is 6.10 Å². The first-order chi connectivity index (χ1) is 14.4. The summed E-state index contributed by atoms with van der Waals surface area (Å²) in [6, 6.07) is 13.4. The van der Waals surface area contributed by atoms with E-state index >= 15 is 0 Å². The number of hydrogen-bond donors (Lipinski definition) is 1. The Kier molecular flexibility index (Phi) is 4.07. The Bertz CT molecular complexity index is 1030. The third kappa shape index (κ3) is 2.15. The molecule has 152 valence electrons. The second-order valence-corrected chi connectivity index (χ2v) is 9.02. The minimum atomic E-state index is -1.98. The Balaban J connectivity index is 1.72. The van der Waals surface area contributed by atoms with Crippen LogP contribution in [0.5, 0.6) is 0 Å². The lowest BCUT2D eigenvalue weighted by Gasteiger charge is -2.54. The molecule has 4 atom stereocenters. The number of halogens is 1. The average molecular weight is 469 g/mol. The summed E-state index contributed by atoms with van der Waals surface area (Å²) in [6.07, 6.45) is -0.0547. The Labute approximate surface area is 181 Å². The fourth-order valence-electron chi connectivity index (χ4n) is 5.49. The van der Waals surface area contributed by atoms with Crippen LogP contribution in [-0.4, -0.2) is 30.7 Å². The Hall–Kier alpha value is -2.48. The van der Waals surface area contributed by atoms with E-state index in [1.54, 1.807) is 24.3 Å². The van der Waals surface area contributed by atoms with Crippen molar-refractivity contribution in [1.82, 2.24) is 0 Å². The summed E-state index contributed by atoms with van der Waals surface area (Å²) in [5.41, 5.74) is -3.21. The second kappa shape index (κ2) is 6.26. The summed E-state index contributed by atoms with van der Waals surface area (Å²) in [6.45, 7) is 0.864. The number of nitrogens with one attached hydrogen (secondary N) is 1. The van der Waals surface area contributed by atoms with Crippen molar-refractivity contribution in [2.75, 3.05) is 13.2 Å². The molecule has 9 heteroatoms. The van der Waals surface area contributed by atoms with E-state index in [0.29, 0.717) is 31.6 Å². The molecule has 0 amide bonds. The molecule has 1 N–H and O–H groups in total. The summed E-state index contributed by atoms with van der Waals surface area (Å²) in [5.74, 6) is -3.34. The maximum absolute atomic E-state index is 10.4. The molecule has 5 rings (SSSR count). The van der Waals surface area contributed by atoms with E-state index in [2.05, 4.69) is 34.1 Å². The predicted octanol–water partition coefficient (Wildman–Crippen LogP) is 3.31. The van der Waals surface area contributed by atoms with Crippen LogP contribution in [-0.2, 0) is 18.9 Å². The zero-order chi connectivity index (χ0) is 21.2. The third-order valence-electron chi connectivity index (χ3n) is 6.90. The maximum Gasteiger partial charge on any atom is 0.218 e. The maximum atomic E-state index is 10.4. The van der Waals surface area contributed by atoms with Crippen molar-refractivity contribution >= 4 is 21.8 Å². The van der Waals surface area contributed by atoms with Crippen LogP contribution in [0.15, 0.2) is 28.7 Å². The lowest BCUT2D eigenvalue weighted by Crippen LogP contribution is -2.63. The first-order valence-corrected chi connectivity index (χ1v) is 10.4. The van der Waals surface area contributed by atoms with E-state index in [9.17, 15) is 15.8 Å². The minimum absolute atomic E-state index is 0.209. The van der Waals surface area contributed by atoms with Crippen molar-refractivity contribution in [3.8, 4) is 18.2 Å². The van der Waals surface area contributed by atoms with E-state index in [0.717, 1.165) is 4.47 Å². The molecule has 1 aromatic carbocycles. The van der Waals surface area contributed by atoms with Gasteiger partial charge in [0.05, 0.1) is 37.3 Å². The molecule has 3 aliphatic heterocycles. The summed E-state index contributed by atoms with van der Waals surface area (Å²) in [5, 5.41) is 39.6. The molecular formula is C21H17BrN4O4. The van der Waals surface area contributed by atoms with Gasteiger partial charge in [-0.25, -0.2) is 0 Å². The van der Waals surface area contributed by atoms with Crippen molar-refractivity contribution in [1.29, 1.82) is 21.2 Å². The van der Waals surface area contributed by atoms with Gasteiger partial charge in [0.2, 0.25) is 17.1 Å². The highest BCUT2D eigenvalue weighted by molar-refractivity contribution is 9.10. The van der Waals surface area contributed by atoms with E-state index in [4.69, 9.17) is 24.4 Å². The van der Waals surface area contributed by atoms with Crippen LogP contribution in [0, 0.1) is 56.2 Å². The second-order valence-electron chi connectivity index (χ2n) is 8.11. The predicted molar refractivity (Wildman–Crippen MR) is 103 cm³/mol. The largest absolute Gasteiger partial charge is 0.447 e. The SMILES string of the molecule is N#CC1(C#N)C(c2ccc(Br)cc2)OC23CCC4(CC2C1(C#N)C(=N)O3)OCCO4. The quantitative estimate of drug-likeness (QED) is 0.667. The van der Waals surface area contributed by atoms with E-state index in [1.165, 1.54) is 0 Å². The van der Waals surface area contributed by atoms with Crippen LogP contribution < -0.4 is 0 Å². The number of nitrogens with zero attached hydrogens (tertiary/aromatic N) is 3. The van der Waals surface area contributed by atoms with Gasteiger partial charge in [-0.3, -0.25) is 5.41 Å². The lowest BCUT2D eigenvalue weighted by molar-refractivity contribution is -0.330. The van der Waals surface area contributed by atoms with Gasteiger partial charge < -0.3 is 18.9 Å². The molecule has 4 aliphatic rings. The fourth-order valence-corrected chi connectivity index (χ4v) is 5.75. The summed E-state index contributed by atoms with van der Waals surface area (Å²) < 4.78 is 24.9. The van der Waals surface area contributed by atoms with Gasteiger partial charge >= 0.3 is 0 Å². The third-order valence-corrected chi connectivity index (χ3v) is 7.43. The highest BCUT2D eigenvalue weighted by Crippen LogP contribution is 2.70. The van der Waals surface area contributed by atoms with Gasteiger partial charge in [-0.2, -0.15) is 15.8 Å². The number of nitriles is 3. The van der Waals surface area contributed by atoms with Crippen molar-refractivity contribution < 1.29 is 18.9 Å². The van der Waals surface area contributed by atoms with Crippen LogP contribution in [0.1, 0.15) is 30.9 Å². The van der Waals surface area contributed by atoms with Crippen molar-refractivity contribution in [2.24, 2.45) is 16.7 Å². The van der Waals surface area contributed by atoms with Crippen LogP contribution in [0.2, 0.25) is 0 Å². The molecule has 0 aromatic heterocycles. The number of hydrogen-bond acceptors (Lipinski definition) is 8. The normalized spacial score (nSPS) is 37.5. The molecule has 8 nitrogen and oxygen atoms in total. The molecule has 3 saturated heterocycles. The highest BCUT2D eigenvalue weighted by Gasteiger charge is 2.82. The fraction of sp³-hybridized carbons (Fsp3) is 0.524. The van der Waals surface area contributed by atoms with Crippen molar-refractivity contribution in [2.45, 2.75) is 36.9 Å². The molecule has 30 heavy (non-hydrogen) atoms. The standard InChI is InChI=1S/C21H17BrN4O4/c22-14-3-1-13(2-4-14)16-18(10-23,11-24)20(12-25)15-9-19(27-7-8-28-19)5-6-21(15,29-16)30-17(20)26/h1-4,15-16,26H,5-9H2. The van der Waals surface area contributed by atoms with Crippen molar-refractivity contribution in [3.63, 3.8) is 0 Å². The molecular weight excluding hydrogens is 452 g/mol. The Morgan fingerprint density at radius 2 is 1.67 bits per heavy atom. The molecule has 1 aliphatic carbocycles. The average Bonchev–Trinajstić information content (AvgIpc) is 3.28. The first kappa shape index (κ1) is 19.5. The number of benzene rings is 1. The molecule has 3 heterocycles. The van der Waals surface area contributed by atoms with Gasteiger partial charge in [-0.05, 0) is 17.7 Å². The molecule has 1 spiro atoms. The van der Waals surface area contributed by atoms with E-state index in [-0.39, 0.29) is 6.42 Å². The van der Waals surface area contributed by atoms with Gasteiger partial charge in [0.15, 0.2) is 11.2 Å². The minimum Gasteiger partial charge on any atom is -0.447 e. The smallest absolute Gasteiger partial charge is 0.218 e. The molecule has 1 saturated carbocycles. The van der Waals surface area contributed by atoms with Crippen LogP contribution >= 0.6 is 15.9 Å². The number of ether oxygens (including phenoxy) is 4. The van der Waals surface area contributed by atoms with Gasteiger partial charge in [0.25, 0.3) is 0 Å². The van der Waals surface area contributed by atoms with Crippen LogP contribution in [0.25, 0.3) is 0 Å². The number of rotatable bonds is 1. The van der Waals surface area contributed by atoms with Crippen LogP contribution in [0.4, 0.5) is 0 Å². The van der Waals surface area contributed by atoms with Gasteiger partial charge in [-0.15, -0.1) is 0 Å². The lowest BCUT2D eigenvalue weighted by atomic mass is 9.51. The zero-order valence-corrected chi connectivity index (χ0v) is 17.4.